The molecule has 1 saturated heterocycles. The molecule has 0 N–H and O–H groups in total. The van der Waals surface area contributed by atoms with Crippen LogP contribution in [0.3, 0.4) is 0 Å². The molecule has 2 aromatic heterocycles. The minimum atomic E-state index is 0.132. The van der Waals surface area contributed by atoms with Crippen molar-refractivity contribution in [3.63, 3.8) is 0 Å². The molecule has 3 heterocycles. The first-order valence-corrected chi connectivity index (χ1v) is 13.9. The third-order valence-corrected chi connectivity index (χ3v) is 9.91. The molecule has 0 atom stereocenters. The van der Waals surface area contributed by atoms with E-state index >= 15 is 0 Å². The first kappa shape index (κ1) is 22.4. The van der Waals surface area contributed by atoms with Gasteiger partial charge in [0.1, 0.15) is 0 Å². The third-order valence-electron chi connectivity index (χ3n) is 9.91. The fourth-order valence-corrected chi connectivity index (χ4v) is 8.36. The predicted molar refractivity (Wildman–Crippen MR) is 143 cm³/mol. The fourth-order valence-electron chi connectivity index (χ4n) is 8.36. The Hall–Kier alpha value is -2.79. The highest BCUT2D eigenvalue weighted by Crippen LogP contribution is 2.57. The van der Waals surface area contributed by atoms with Crippen molar-refractivity contribution in [3.8, 4) is 11.4 Å². The number of aromatic nitrogens is 2. The summed E-state index contributed by atoms with van der Waals surface area (Å²) in [5.41, 5.74) is 5.99. The number of benzene rings is 1. The summed E-state index contributed by atoms with van der Waals surface area (Å²) in [6.07, 6.45) is 10.4. The molecule has 5 fully saturated rings. The van der Waals surface area contributed by atoms with E-state index in [9.17, 15) is 4.79 Å². The Kier molecular flexibility index (Phi) is 5.21. The maximum atomic E-state index is 14.0. The molecule has 0 spiro atoms. The molecule has 5 aliphatic rings. The Morgan fingerprint density at radius 3 is 2.22 bits per heavy atom. The Labute approximate surface area is 213 Å². The van der Waals surface area contributed by atoms with Gasteiger partial charge in [0.05, 0.1) is 22.5 Å². The van der Waals surface area contributed by atoms with Gasteiger partial charge in [0.15, 0.2) is 0 Å². The Balaban J connectivity index is 1.18. The van der Waals surface area contributed by atoms with E-state index in [0.717, 1.165) is 77.4 Å². The number of fused-ring (bicyclic) bond motifs is 1. The van der Waals surface area contributed by atoms with Crippen LogP contribution in [0, 0.1) is 31.6 Å². The van der Waals surface area contributed by atoms with Crippen LogP contribution in [-0.4, -0.2) is 57.4 Å². The maximum Gasteiger partial charge on any atom is 0.254 e. The Morgan fingerprint density at radius 2 is 1.58 bits per heavy atom. The van der Waals surface area contributed by atoms with Gasteiger partial charge in [0.2, 0.25) is 0 Å². The molecule has 1 aliphatic heterocycles. The first-order valence-electron chi connectivity index (χ1n) is 13.9. The first-order chi connectivity index (χ1) is 17.5. The monoisotopic (exact) mass is 480 g/mol. The SMILES string of the molecule is Cc1ccc2c(C(=O)N3CCN(C45CC6CC(CC(C6)C4)C5)CC3)cc(-c3ccccn3)nc2c1C. The zero-order chi connectivity index (χ0) is 24.4. The summed E-state index contributed by atoms with van der Waals surface area (Å²) in [6, 6.07) is 12.0. The highest BCUT2D eigenvalue weighted by atomic mass is 16.2. The van der Waals surface area contributed by atoms with Crippen molar-refractivity contribution in [2.75, 3.05) is 26.2 Å². The number of rotatable bonds is 3. The van der Waals surface area contributed by atoms with Crippen molar-refractivity contribution in [1.82, 2.24) is 19.8 Å². The van der Waals surface area contributed by atoms with E-state index in [4.69, 9.17) is 4.98 Å². The molecule has 1 aromatic carbocycles. The molecule has 0 unspecified atom stereocenters. The van der Waals surface area contributed by atoms with Crippen LogP contribution in [0.2, 0.25) is 0 Å². The highest BCUT2D eigenvalue weighted by molar-refractivity contribution is 6.08. The number of pyridine rings is 2. The standard InChI is InChI=1S/C31H36N4O/c1-20-6-7-25-26(16-28(33-29(25)21(20)2)27-5-3-4-8-32-27)30(36)34-9-11-35(12-10-34)31-17-22-13-23(18-31)15-24(14-22)19-31/h3-8,16,22-24H,9-15,17-19H2,1-2H3. The van der Waals surface area contributed by atoms with Crippen molar-refractivity contribution in [1.29, 1.82) is 0 Å². The Morgan fingerprint density at radius 1 is 0.889 bits per heavy atom. The van der Waals surface area contributed by atoms with Crippen LogP contribution in [0.4, 0.5) is 0 Å². The number of carbonyl (C=O) groups is 1. The van der Waals surface area contributed by atoms with Gasteiger partial charge in [-0.2, -0.15) is 0 Å². The minimum absolute atomic E-state index is 0.132. The number of nitrogens with zero attached hydrogens (tertiary/aromatic N) is 4. The van der Waals surface area contributed by atoms with E-state index < -0.39 is 0 Å². The van der Waals surface area contributed by atoms with Crippen LogP contribution >= 0.6 is 0 Å². The average Bonchev–Trinajstić information content (AvgIpc) is 2.90. The van der Waals surface area contributed by atoms with E-state index in [-0.39, 0.29) is 5.91 Å². The van der Waals surface area contributed by atoms with Crippen molar-refractivity contribution in [2.24, 2.45) is 17.8 Å². The van der Waals surface area contributed by atoms with Crippen molar-refractivity contribution in [3.05, 3.63) is 59.3 Å². The number of carbonyl (C=O) groups excluding carboxylic acids is 1. The van der Waals surface area contributed by atoms with E-state index in [1.807, 2.05) is 24.3 Å². The van der Waals surface area contributed by atoms with Gasteiger partial charge in [-0.05, 0) is 99.5 Å². The van der Waals surface area contributed by atoms with Gasteiger partial charge in [-0.1, -0.05) is 18.2 Å². The lowest BCUT2D eigenvalue weighted by Gasteiger charge is -2.61. The van der Waals surface area contributed by atoms with Crippen LogP contribution in [0.5, 0.6) is 0 Å². The van der Waals surface area contributed by atoms with Crippen LogP contribution < -0.4 is 0 Å². The molecule has 8 rings (SSSR count). The lowest BCUT2D eigenvalue weighted by molar-refractivity contribution is -0.0987. The van der Waals surface area contributed by atoms with E-state index in [1.165, 1.54) is 44.1 Å². The van der Waals surface area contributed by atoms with Gasteiger partial charge >= 0.3 is 0 Å². The summed E-state index contributed by atoms with van der Waals surface area (Å²) >= 11 is 0. The molecule has 3 aromatic rings. The number of amides is 1. The molecular formula is C31H36N4O. The summed E-state index contributed by atoms with van der Waals surface area (Å²) < 4.78 is 0. The van der Waals surface area contributed by atoms with Crippen LogP contribution in [0.25, 0.3) is 22.3 Å². The topological polar surface area (TPSA) is 49.3 Å². The summed E-state index contributed by atoms with van der Waals surface area (Å²) in [4.78, 5) is 28.4. The van der Waals surface area contributed by atoms with E-state index in [1.54, 1.807) is 6.20 Å². The minimum Gasteiger partial charge on any atom is -0.336 e. The largest absolute Gasteiger partial charge is 0.336 e. The van der Waals surface area contributed by atoms with Crippen molar-refractivity contribution in [2.45, 2.75) is 57.9 Å². The van der Waals surface area contributed by atoms with Gasteiger partial charge in [0, 0.05) is 43.3 Å². The lowest BCUT2D eigenvalue weighted by Crippen LogP contribution is -2.64. The van der Waals surface area contributed by atoms with E-state index in [2.05, 4.69) is 40.8 Å². The third kappa shape index (κ3) is 3.58. The molecule has 36 heavy (non-hydrogen) atoms. The van der Waals surface area contributed by atoms with Gasteiger partial charge in [-0.15, -0.1) is 0 Å². The van der Waals surface area contributed by atoms with Gasteiger partial charge < -0.3 is 4.90 Å². The second-order valence-corrected chi connectivity index (χ2v) is 12.1. The predicted octanol–water partition coefficient (Wildman–Crippen LogP) is 5.64. The number of piperazine rings is 1. The quantitative estimate of drug-likeness (QED) is 0.487. The summed E-state index contributed by atoms with van der Waals surface area (Å²) in [7, 11) is 0. The van der Waals surface area contributed by atoms with Gasteiger partial charge in [-0.3, -0.25) is 14.7 Å². The molecule has 0 radical (unpaired) electrons. The zero-order valence-electron chi connectivity index (χ0n) is 21.5. The van der Waals surface area contributed by atoms with E-state index in [0.29, 0.717) is 5.54 Å². The molecule has 4 aliphatic carbocycles. The Bertz CT molecular complexity index is 1290. The molecular weight excluding hydrogens is 444 g/mol. The molecule has 1 amide bonds. The number of aryl methyl sites for hydroxylation is 2. The second-order valence-electron chi connectivity index (χ2n) is 12.1. The molecule has 4 saturated carbocycles. The molecule has 4 bridgehead atoms. The average molecular weight is 481 g/mol. The van der Waals surface area contributed by atoms with Crippen LogP contribution in [-0.2, 0) is 0 Å². The fraction of sp³-hybridized carbons (Fsp3) is 0.516. The van der Waals surface area contributed by atoms with Crippen molar-refractivity contribution >= 4 is 16.8 Å². The molecule has 5 heteroatoms. The maximum absolute atomic E-state index is 14.0. The zero-order valence-corrected chi connectivity index (χ0v) is 21.5. The van der Waals surface area contributed by atoms with Crippen molar-refractivity contribution < 1.29 is 4.79 Å². The molecule has 186 valence electrons. The molecule has 5 nitrogen and oxygen atoms in total. The summed E-state index contributed by atoms with van der Waals surface area (Å²) in [5.74, 6) is 3.00. The number of hydrogen-bond donors (Lipinski definition) is 0. The normalized spacial score (nSPS) is 29.7. The van der Waals surface area contributed by atoms with Gasteiger partial charge in [-0.25, -0.2) is 4.98 Å². The van der Waals surface area contributed by atoms with Crippen LogP contribution in [0.1, 0.15) is 60.0 Å². The summed E-state index contributed by atoms with van der Waals surface area (Å²) in [5, 5.41) is 0.950. The second kappa shape index (κ2) is 8.37. The summed E-state index contributed by atoms with van der Waals surface area (Å²) in [6.45, 7) is 7.85. The highest BCUT2D eigenvalue weighted by Gasteiger charge is 2.53. The van der Waals surface area contributed by atoms with Crippen LogP contribution in [0.15, 0.2) is 42.6 Å². The number of hydrogen-bond acceptors (Lipinski definition) is 4. The smallest absolute Gasteiger partial charge is 0.254 e. The lowest BCUT2D eigenvalue weighted by atomic mass is 9.52. The van der Waals surface area contributed by atoms with Gasteiger partial charge in [0.25, 0.3) is 5.91 Å².